The van der Waals surface area contributed by atoms with Crippen LogP contribution in [0.3, 0.4) is 0 Å². The zero-order valence-electron chi connectivity index (χ0n) is 15.9. The van der Waals surface area contributed by atoms with Crippen LogP contribution in [0.25, 0.3) is 16.9 Å². The van der Waals surface area contributed by atoms with E-state index >= 15 is 0 Å². The van der Waals surface area contributed by atoms with Crippen molar-refractivity contribution in [2.75, 3.05) is 44.8 Å². The number of fused-ring (bicyclic) bond motifs is 1. The number of imidazole rings is 1. The standard InChI is InChI=1S/C21H25N5O2/c1-2-16(14-18(3-1)28-13-10-25-8-11-27-12-9-25)19-15-23-21-20(24-17-4-5-17)22-6-7-26(19)21/h1-3,6-7,14-15,17H,4-5,8-13H2,(H,22,24). The average molecular weight is 379 g/mol. The number of hydrogen-bond donors (Lipinski definition) is 1. The first kappa shape index (κ1) is 17.5. The number of nitrogens with zero attached hydrogens (tertiary/aromatic N) is 4. The van der Waals surface area contributed by atoms with E-state index in [1.165, 1.54) is 12.8 Å². The molecule has 7 heteroatoms. The summed E-state index contributed by atoms with van der Waals surface area (Å²) in [5, 5.41) is 3.46. The molecular formula is C21H25N5O2. The largest absolute Gasteiger partial charge is 0.492 e. The number of rotatable bonds is 7. The van der Waals surface area contributed by atoms with Crippen LogP contribution in [0.4, 0.5) is 5.82 Å². The van der Waals surface area contributed by atoms with Crippen molar-refractivity contribution in [2.24, 2.45) is 0 Å². The second-order valence-electron chi connectivity index (χ2n) is 7.36. The van der Waals surface area contributed by atoms with Crippen molar-refractivity contribution in [3.05, 3.63) is 42.9 Å². The van der Waals surface area contributed by atoms with E-state index in [2.05, 4.69) is 36.7 Å². The number of hydrogen-bond acceptors (Lipinski definition) is 6. The van der Waals surface area contributed by atoms with Crippen LogP contribution in [-0.2, 0) is 4.74 Å². The highest BCUT2D eigenvalue weighted by Crippen LogP contribution is 2.29. The van der Waals surface area contributed by atoms with Crippen molar-refractivity contribution in [1.29, 1.82) is 0 Å². The average Bonchev–Trinajstić information content (AvgIpc) is 3.44. The summed E-state index contributed by atoms with van der Waals surface area (Å²) in [6.07, 6.45) is 8.11. The second kappa shape index (κ2) is 7.77. The van der Waals surface area contributed by atoms with Gasteiger partial charge in [0.15, 0.2) is 11.5 Å². The Balaban J connectivity index is 1.31. The molecule has 7 nitrogen and oxygen atoms in total. The minimum absolute atomic E-state index is 0.544. The third-order valence-corrected chi connectivity index (χ3v) is 5.26. The van der Waals surface area contributed by atoms with Gasteiger partial charge in [-0.25, -0.2) is 9.97 Å². The number of benzene rings is 1. The van der Waals surface area contributed by atoms with Crippen LogP contribution < -0.4 is 10.1 Å². The summed E-state index contributed by atoms with van der Waals surface area (Å²) in [5.74, 6) is 1.74. The summed E-state index contributed by atoms with van der Waals surface area (Å²) in [6, 6.07) is 8.75. The Morgan fingerprint density at radius 3 is 2.93 bits per heavy atom. The highest BCUT2D eigenvalue weighted by Gasteiger charge is 2.23. The van der Waals surface area contributed by atoms with Gasteiger partial charge in [0.05, 0.1) is 25.1 Å². The van der Waals surface area contributed by atoms with E-state index in [-0.39, 0.29) is 0 Å². The maximum Gasteiger partial charge on any atom is 0.180 e. The van der Waals surface area contributed by atoms with Crippen LogP contribution in [0.5, 0.6) is 5.75 Å². The normalized spacial score (nSPS) is 17.7. The molecule has 0 atom stereocenters. The van der Waals surface area contributed by atoms with Crippen LogP contribution in [0.2, 0.25) is 0 Å². The molecule has 3 aromatic rings. The summed E-state index contributed by atoms with van der Waals surface area (Å²) in [5.41, 5.74) is 2.98. The fourth-order valence-electron chi connectivity index (χ4n) is 3.52. The Bertz CT molecular complexity index is 947. The highest BCUT2D eigenvalue weighted by atomic mass is 16.5. The van der Waals surface area contributed by atoms with Gasteiger partial charge in [0.25, 0.3) is 0 Å². The molecule has 3 heterocycles. The fraction of sp³-hybridized carbons (Fsp3) is 0.429. The molecule has 28 heavy (non-hydrogen) atoms. The zero-order valence-corrected chi connectivity index (χ0v) is 15.9. The van der Waals surface area contributed by atoms with Gasteiger partial charge in [-0.15, -0.1) is 0 Å². The first-order chi connectivity index (χ1) is 13.9. The van der Waals surface area contributed by atoms with Gasteiger partial charge in [-0.3, -0.25) is 9.30 Å². The van der Waals surface area contributed by atoms with Crippen molar-refractivity contribution < 1.29 is 9.47 Å². The molecule has 1 aromatic carbocycles. The molecule has 1 aliphatic heterocycles. The molecule has 0 radical (unpaired) electrons. The molecule has 5 rings (SSSR count). The van der Waals surface area contributed by atoms with Crippen molar-refractivity contribution in [1.82, 2.24) is 19.3 Å². The van der Waals surface area contributed by atoms with Gasteiger partial charge in [0.2, 0.25) is 0 Å². The summed E-state index contributed by atoms with van der Waals surface area (Å²) in [6.45, 7) is 5.19. The van der Waals surface area contributed by atoms with E-state index in [0.717, 1.165) is 61.3 Å². The zero-order chi connectivity index (χ0) is 18.8. The summed E-state index contributed by atoms with van der Waals surface area (Å²) >= 11 is 0. The van der Waals surface area contributed by atoms with Gasteiger partial charge < -0.3 is 14.8 Å². The first-order valence-corrected chi connectivity index (χ1v) is 9.99. The van der Waals surface area contributed by atoms with Gasteiger partial charge >= 0.3 is 0 Å². The summed E-state index contributed by atoms with van der Waals surface area (Å²) < 4.78 is 13.5. The van der Waals surface area contributed by atoms with Crippen molar-refractivity contribution in [3.63, 3.8) is 0 Å². The van der Waals surface area contributed by atoms with E-state index in [1.807, 2.05) is 30.7 Å². The minimum atomic E-state index is 0.544. The molecule has 2 aliphatic rings. The first-order valence-electron chi connectivity index (χ1n) is 9.99. The van der Waals surface area contributed by atoms with Crippen molar-refractivity contribution in [2.45, 2.75) is 18.9 Å². The van der Waals surface area contributed by atoms with E-state index in [0.29, 0.717) is 12.6 Å². The smallest absolute Gasteiger partial charge is 0.180 e. The summed E-state index contributed by atoms with van der Waals surface area (Å²) in [7, 11) is 0. The fourth-order valence-corrected chi connectivity index (χ4v) is 3.52. The minimum Gasteiger partial charge on any atom is -0.492 e. The molecule has 1 N–H and O–H groups in total. The third-order valence-electron chi connectivity index (χ3n) is 5.26. The SMILES string of the molecule is c1cc(OCCN2CCOCC2)cc(-c2cnc3c(NC4CC4)nccn23)c1. The molecule has 1 aliphatic carbocycles. The molecule has 0 unspecified atom stereocenters. The highest BCUT2D eigenvalue weighted by molar-refractivity contribution is 5.71. The van der Waals surface area contributed by atoms with Crippen LogP contribution in [-0.4, -0.2) is 64.8 Å². The van der Waals surface area contributed by atoms with Crippen LogP contribution in [0.15, 0.2) is 42.9 Å². The predicted octanol–water partition coefficient (Wildman–Crippen LogP) is 2.68. The molecule has 146 valence electrons. The molecule has 0 bridgehead atoms. The molecule has 0 amide bonds. The van der Waals surface area contributed by atoms with Gasteiger partial charge in [-0.1, -0.05) is 12.1 Å². The number of anilines is 1. The lowest BCUT2D eigenvalue weighted by atomic mass is 10.1. The second-order valence-corrected chi connectivity index (χ2v) is 7.36. The van der Waals surface area contributed by atoms with Crippen LogP contribution in [0, 0.1) is 0 Å². The molecule has 1 saturated carbocycles. The lowest BCUT2D eigenvalue weighted by molar-refractivity contribution is 0.0322. The Labute approximate surface area is 164 Å². The maximum absolute atomic E-state index is 6.01. The van der Waals surface area contributed by atoms with E-state index in [1.54, 1.807) is 0 Å². The van der Waals surface area contributed by atoms with E-state index in [4.69, 9.17) is 9.47 Å². The summed E-state index contributed by atoms with van der Waals surface area (Å²) in [4.78, 5) is 11.4. The number of nitrogens with one attached hydrogen (secondary N) is 1. The predicted molar refractivity (Wildman–Crippen MR) is 108 cm³/mol. The van der Waals surface area contributed by atoms with Crippen LogP contribution >= 0.6 is 0 Å². The topological polar surface area (TPSA) is 63.9 Å². The Hall–Kier alpha value is -2.64. The Morgan fingerprint density at radius 2 is 2.07 bits per heavy atom. The Morgan fingerprint density at radius 1 is 1.18 bits per heavy atom. The molecule has 0 spiro atoms. The van der Waals surface area contributed by atoms with Gasteiger partial charge in [0.1, 0.15) is 12.4 Å². The molecule has 2 fully saturated rings. The lowest BCUT2D eigenvalue weighted by Gasteiger charge is -2.26. The van der Waals surface area contributed by atoms with E-state index in [9.17, 15) is 0 Å². The quantitative estimate of drug-likeness (QED) is 0.681. The van der Waals surface area contributed by atoms with Crippen LogP contribution in [0.1, 0.15) is 12.8 Å². The third kappa shape index (κ3) is 3.81. The van der Waals surface area contributed by atoms with Gasteiger partial charge in [-0.2, -0.15) is 0 Å². The van der Waals surface area contributed by atoms with Crippen molar-refractivity contribution in [3.8, 4) is 17.0 Å². The number of aromatic nitrogens is 3. The molecular weight excluding hydrogens is 354 g/mol. The lowest BCUT2D eigenvalue weighted by Crippen LogP contribution is -2.38. The molecule has 1 saturated heterocycles. The van der Waals surface area contributed by atoms with Crippen molar-refractivity contribution >= 4 is 11.5 Å². The number of morpholine rings is 1. The van der Waals surface area contributed by atoms with E-state index < -0.39 is 0 Å². The van der Waals surface area contributed by atoms with Gasteiger partial charge in [-0.05, 0) is 25.0 Å². The Kier molecular flexibility index (Phi) is 4.85. The monoisotopic (exact) mass is 379 g/mol. The number of ether oxygens (including phenoxy) is 2. The van der Waals surface area contributed by atoms with Gasteiger partial charge in [0, 0.05) is 43.6 Å². The molecule has 2 aromatic heterocycles. The maximum atomic E-state index is 6.01.